The lowest BCUT2D eigenvalue weighted by molar-refractivity contribution is 0.101. The summed E-state index contributed by atoms with van der Waals surface area (Å²) in [5, 5.41) is 9.27. The van der Waals surface area contributed by atoms with Crippen LogP contribution >= 0.6 is 15.9 Å². The molecule has 14 heavy (non-hydrogen) atoms. The lowest BCUT2D eigenvalue weighted by atomic mass is 10.1. The van der Waals surface area contributed by atoms with Gasteiger partial charge in [0.15, 0.2) is 5.78 Å². The average Bonchev–Trinajstić information content (AvgIpc) is 2.02. The molecule has 0 aromatic heterocycles. The fourth-order valence-electron chi connectivity index (χ4n) is 1.03. The van der Waals surface area contributed by atoms with Gasteiger partial charge in [-0.25, -0.2) is 8.78 Å². The molecule has 0 unspecified atom stereocenters. The van der Waals surface area contributed by atoms with E-state index < -0.39 is 12.2 Å². The van der Waals surface area contributed by atoms with Crippen molar-refractivity contribution in [2.24, 2.45) is 0 Å². The van der Waals surface area contributed by atoms with Crippen LogP contribution in [-0.2, 0) is 0 Å². The minimum absolute atomic E-state index is 0.0926. The second kappa shape index (κ2) is 4.04. The van der Waals surface area contributed by atoms with Crippen molar-refractivity contribution in [1.29, 1.82) is 0 Å². The van der Waals surface area contributed by atoms with E-state index in [1.54, 1.807) is 0 Å². The molecule has 0 saturated heterocycles. The molecule has 2 nitrogen and oxygen atoms in total. The molecule has 1 aromatic rings. The van der Waals surface area contributed by atoms with Crippen molar-refractivity contribution in [1.82, 2.24) is 0 Å². The molecular formula is C9H7BrF2O2. The zero-order valence-corrected chi connectivity index (χ0v) is 8.81. The Labute approximate surface area is 87.7 Å². The average molecular weight is 265 g/mol. The van der Waals surface area contributed by atoms with Crippen LogP contribution in [0.5, 0.6) is 5.75 Å². The summed E-state index contributed by atoms with van der Waals surface area (Å²) in [7, 11) is 0. The van der Waals surface area contributed by atoms with Gasteiger partial charge in [0.25, 0.3) is 6.43 Å². The predicted octanol–water partition coefficient (Wildman–Crippen LogP) is 3.29. The summed E-state index contributed by atoms with van der Waals surface area (Å²) in [6, 6.07) is 2.09. The van der Waals surface area contributed by atoms with E-state index in [4.69, 9.17) is 0 Å². The first kappa shape index (κ1) is 11.1. The van der Waals surface area contributed by atoms with Crippen LogP contribution in [0.25, 0.3) is 0 Å². The van der Waals surface area contributed by atoms with Gasteiger partial charge in [-0.05, 0) is 19.1 Å². The number of phenols is 1. The normalized spacial score (nSPS) is 10.6. The maximum Gasteiger partial charge on any atom is 0.264 e. The Morgan fingerprint density at radius 1 is 1.50 bits per heavy atom. The third-order valence-corrected chi connectivity index (χ3v) is 2.42. The minimum Gasteiger partial charge on any atom is -0.507 e. The highest BCUT2D eigenvalue weighted by molar-refractivity contribution is 9.10. The van der Waals surface area contributed by atoms with Crippen LogP contribution in [0.2, 0.25) is 0 Å². The summed E-state index contributed by atoms with van der Waals surface area (Å²) in [4.78, 5) is 10.9. The third-order valence-electron chi connectivity index (χ3n) is 1.73. The van der Waals surface area contributed by atoms with Crippen molar-refractivity contribution in [2.75, 3.05) is 0 Å². The highest BCUT2D eigenvalue weighted by Crippen LogP contribution is 2.32. The van der Waals surface area contributed by atoms with Crippen LogP contribution in [0.4, 0.5) is 8.78 Å². The Hall–Kier alpha value is -0.970. The first-order valence-corrected chi connectivity index (χ1v) is 4.54. The summed E-state index contributed by atoms with van der Waals surface area (Å²) < 4.78 is 24.9. The number of benzene rings is 1. The van der Waals surface area contributed by atoms with Crippen LogP contribution in [0.1, 0.15) is 29.3 Å². The van der Waals surface area contributed by atoms with Crippen molar-refractivity contribution in [3.8, 4) is 5.75 Å². The Bertz CT molecular complexity index is 377. The van der Waals surface area contributed by atoms with E-state index in [9.17, 15) is 18.7 Å². The first-order chi connectivity index (χ1) is 6.43. The van der Waals surface area contributed by atoms with E-state index in [0.717, 1.165) is 12.1 Å². The van der Waals surface area contributed by atoms with Gasteiger partial charge >= 0.3 is 0 Å². The van der Waals surface area contributed by atoms with Gasteiger partial charge in [0.2, 0.25) is 0 Å². The number of Topliss-reactive ketones (excluding diaryl/α,β-unsaturated/α-hetero) is 1. The molecule has 0 aliphatic carbocycles. The van der Waals surface area contributed by atoms with E-state index in [-0.39, 0.29) is 21.3 Å². The molecule has 76 valence electrons. The number of alkyl halides is 2. The van der Waals surface area contributed by atoms with Crippen molar-refractivity contribution >= 4 is 21.7 Å². The maximum atomic E-state index is 12.4. The Morgan fingerprint density at radius 2 is 2.07 bits per heavy atom. The van der Waals surface area contributed by atoms with E-state index in [1.807, 2.05) is 0 Å². The largest absolute Gasteiger partial charge is 0.507 e. The zero-order chi connectivity index (χ0) is 10.9. The summed E-state index contributed by atoms with van der Waals surface area (Å²) in [5.41, 5.74) is -0.392. The van der Waals surface area contributed by atoms with Crippen molar-refractivity contribution in [2.45, 2.75) is 13.3 Å². The number of halogens is 3. The lowest BCUT2D eigenvalue weighted by Gasteiger charge is -2.07. The molecule has 0 fully saturated rings. The summed E-state index contributed by atoms with van der Waals surface area (Å²) in [5.74, 6) is -0.745. The van der Waals surface area contributed by atoms with Crippen LogP contribution in [0.3, 0.4) is 0 Å². The quantitative estimate of drug-likeness (QED) is 0.833. The molecule has 0 spiro atoms. The van der Waals surface area contributed by atoms with Gasteiger partial charge in [0, 0.05) is 10.0 Å². The Morgan fingerprint density at radius 3 is 2.50 bits per heavy atom. The van der Waals surface area contributed by atoms with E-state index >= 15 is 0 Å². The van der Waals surface area contributed by atoms with Crippen LogP contribution < -0.4 is 0 Å². The second-order valence-electron chi connectivity index (χ2n) is 2.75. The summed E-state index contributed by atoms with van der Waals surface area (Å²) in [6.45, 7) is 1.21. The number of hydrogen-bond acceptors (Lipinski definition) is 2. The smallest absolute Gasteiger partial charge is 0.264 e. The second-order valence-corrected chi connectivity index (χ2v) is 3.60. The topological polar surface area (TPSA) is 37.3 Å². The van der Waals surface area contributed by atoms with Gasteiger partial charge in [-0.3, -0.25) is 4.79 Å². The van der Waals surface area contributed by atoms with Crippen LogP contribution in [-0.4, -0.2) is 10.9 Å². The van der Waals surface area contributed by atoms with Crippen molar-refractivity contribution in [3.63, 3.8) is 0 Å². The molecule has 0 aliphatic rings. The Balaban J connectivity index is 3.34. The number of rotatable bonds is 2. The van der Waals surface area contributed by atoms with E-state index in [0.29, 0.717) is 0 Å². The first-order valence-electron chi connectivity index (χ1n) is 3.75. The van der Waals surface area contributed by atoms with Gasteiger partial charge in [0.05, 0.1) is 5.56 Å². The molecule has 1 N–H and O–H groups in total. The molecule has 1 aromatic carbocycles. The molecule has 5 heteroatoms. The molecule has 0 heterocycles. The highest BCUT2D eigenvalue weighted by Gasteiger charge is 2.16. The SMILES string of the molecule is CC(=O)c1cc(C(F)F)c(Br)cc1O. The van der Waals surface area contributed by atoms with Crippen molar-refractivity contribution < 1.29 is 18.7 Å². The van der Waals surface area contributed by atoms with Crippen molar-refractivity contribution in [3.05, 3.63) is 27.7 Å². The minimum atomic E-state index is -2.68. The molecule has 0 aliphatic heterocycles. The standard InChI is InChI=1S/C9H7BrF2O2/c1-4(13)5-2-6(9(11)12)7(10)3-8(5)14/h2-3,9,14H,1H3. The number of aromatic hydroxyl groups is 1. The zero-order valence-electron chi connectivity index (χ0n) is 7.22. The molecule has 0 radical (unpaired) electrons. The summed E-state index contributed by atoms with van der Waals surface area (Å²) in [6.07, 6.45) is -2.68. The van der Waals surface area contributed by atoms with E-state index in [1.165, 1.54) is 6.92 Å². The molecule has 0 amide bonds. The van der Waals surface area contributed by atoms with Gasteiger partial charge in [0.1, 0.15) is 5.75 Å². The number of phenolic OH excluding ortho intramolecular Hbond substituents is 1. The lowest BCUT2D eigenvalue weighted by Crippen LogP contribution is -1.96. The van der Waals surface area contributed by atoms with Crippen LogP contribution in [0, 0.1) is 0 Å². The fraction of sp³-hybridized carbons (Fsp3) is 0.222. The van der Waals surface area contributed by atoms with Gasteiger partial charge in [-0.15, -0.1) is 0 Å². The van der Waals surface area contributed by atoms with Gasteiger partial charge in [-0.2, -0.15) is 0 Å². The molecular weight excluding hydrogens is 258 g/mol. The third kappa shape index (κ3) is 2.09. The molecule has 1 rings (SSSR count). The van der Waals surface area contributed by atoms with Crippen LogP contribution in [0.15, 0.2) is 16.6 Å². The molecule has 0 bridgehead atoms. The predicted molar refractivity (Wildman–Crippen MR) is 50.8 cm³/mol. The highest BCUT2D eigenvalue weighted by atomic mass is 79.9. The molecule has 0 atom stereocenters. The number of ketones is 1. The molecule has 0 saturated carbocycles. The monoisotopic (exact) mass is 264 g/mol. The Kier molecular flexibility index (Phi) is 3.21. The number of hydrogen-bond donors (Lipinski definition) is 1. The fourth-order valence-corrected chi connectivity index (χ4v) is 1.53. The van der Waals surface area contributed by atoms with Gasteiger partial charge < -0.3 is 5.11 Å². The number of carbonyl (C=O) groups is 1. The number of carbonyl (C=O) groups excluding carboxylic acids is 1. The van der Waals surface area contributed by atoms with E-state index in [2.05, 4.69) is 15.9 Å². The van der Waals surface area contributed by atoms with Gasteiger partial charge in [-0.1, -0.05) is 15.9 Å². The summed E-state index contributed by atoms with van der Waals surface area (Å²) >= 11 is 2.88. The maximum absolute atomic E-state index is 12.4.